The molecule has 1 N–H and O–H groups in total. The van der Waals surface area contributed by atoms with Gasteiger partial charge in [-0.1, -0.05) is 18.2 Å². The highest BCUT2D eigenvalue weighted by Crippen LogP contribution is 2.30. The van der Waals surface area contributed by atoms with Gasteiger partial charge in [0.15, 0.2) is 5.78 Å². The van der Waals surface area contributed by atoms with E-state index >= 15 is 0 Å². The lowest BCUT2D eigenvalue weighted by molar-refractivity contribution is -0.116. The maximum atomic E-state index is 13.2. The second kappa shape index (κ2) is 6.99. The van der Waals surface area contributed by atoms with Crippen LogP contribution in [-0.4, -0.2) is 21.7 Å². The van der Waals surface area contributed by atoms with Crippen molar-refractivity contribution in [3.8, 4) is 0 Å². The van der Waals surface area contributed by atoms with Gasteiger partial charge in [-0.2, -0.15) is 0 Å². The summed E-state index contributed by atoms with van der Waals surface area (Å²) in [6.07, 6.45) is 4.69. The van der Waals surface area contributed by atoms with Crippen molar-refractivity contribution in [2.24, 2.45) is 0 Å². The van der Waals surface area contributed by atoms with E-state index < -0.39 is 6.04 Å². The van der Waals surface area contributed by atoms with Crippen LogP contribution in [0.1, 0.15) is 18.0 Å². The van der Waals surface area contributed by atoms with Crippen LogP contribution in [0.25, 0.3) is 10.9 Å². The number of carbonyl (C=O) groups excluding carboxylic acids is 2. The molecule has 0 spiro atoms. The first-order chi connectivity index (χ1) is 13.1. The van der Waals surface area contributed by atoms with Crippen molar-refractivity contribution < 1.29 is 14.0 Å². The zero-order valence-corrected chi connectivity index (χ0v) is 14.3. The smallest absolute Gasteiger partial charge is 0.307 e. The first-order valence-electron chi connectivity index (χ1n) is 8.51. The van der Waals surface area contributed by atoms with Gasteiger partial charge in [0.2, 0.25) is 0 Å². The normalized spacial score (nSPS) is 16.6. The van der Waals surface area contributed by atoms with Crippen LogP contribution in [0.15, 0.2) is 73.1 Å². The number of aromatic nitrogens is 1. The molecular weight excluding hydrogens is 345 g/mol. The van der Waals surface area contributed by atoms with Crippen molar-refractivity contribution in [3.05, 3.63) is 84.5 Å². The third-order valence-electron chi connectivity index (χ3n) is 4.53. The Kier molecular flexibility index (Phi) is 4.38. The summed E-state index contributed by atoms with van der Waals surface area (Å²) in [7, 11) is 0. The lowest BCUT2D eigenvalue weighted by Crippen LogP contribution is -2.37. The number of anilines is 1. The Labute approximate surface area is 155 Å². The van der Waals surface area contributed by atoms with Gasteiger partial charge >= 0.3 is 6.03 Å². The summed E-state index contributed by atoms with van der Waals surface area (Å²) in [6, 6.07) is 14.1. The van der Waals surface area contributed by atoms with E-state index in [1.807, 2.05) is 18.2 Å². The number of carbonyl (C=O) groups is 2. The second-order valence-electron chi connectivity index (χ2n) is 6.27. The number of hydrogen-bond acceptors (Lipinski definition) is 3. The summed E-state index contributed by atoms with van der Waals surface area (Å²) in [6.45, 7) is 0. The molecule has 1 aromatic heterocycles. The van der Waals surface area contributed by atoms with Crippen LogP contribution in [0.3, 0.4) is 0 Å². The molecule has 3 aromatic rings. The minimum absolute atomic E-state index is 0.0808. The van der Waals surface area contributed by atoms with Gasteiger partial charge in [0.05, 0.1) is 17.2 Å². The van der Waals surface area contributed by atoms with Crippen molar-refractivity contribution in [2.45, 2.75) is 12.5 Å². The molecule has 1 aliphatic rings. The highest BCUT2D eigenvalue weighted by atomic mass is 19.1. The molecule has 2 heterocycles. The standard InChI is InChI=1S/C21H16FN3O2/c22-15-8-6-14(7-9-15)20-13-16(26)10-12-25(20)21(27)24-19-5-1-4-18-17(19)3-2-11-23-18/h1-12,20H,13H2,(H,24,27)/t20-/m0/s1. The number of allylic oxidation sites excluding steroid dienone is 1. The Balaban J connectivity index is 1.65. The molecule has 0 aliphatic carbocycles. The Morgan fingerprint density at radius 1 is 1.11 bits per heavy atom. The maximum absolute atomic E-state index is 13.2. The van der Waals surface area contributed by atoms with Crippen LogP contribution < -0.4 is 5.32 Å². The zero-order valence-electron chi connectivity index (χ0n) is 14.3. The van der Waals surface area contributed by atoms with Crippen LogP contribution in [0.4, 0.5) is 14.9 Å². The van der Waals surface area contributed by atoms with Crippen LogP contribution >= 0.6 is 0 Å². The molecule has 2 amide bonds. The number of nitrogens with one attached hydrogen (secondary N) is 1. The van der Waals surface area contributed by atoms with E-state index in [-0.39, 0.29) is 24.1 Å². The number of hydrogen-bond donors (Lipinski definition) is 1. The van der Waals surface area contributed by atoms with Crippen LogP contribution in [0.2, 0.25) is 0 Å². The highest BCUT2D eigenvalue weighted by molar-refractivity contribution is 6.01. The predicted octanol–water partition coefficient (Wildman–Crippen LogP) is 4.44. The van der Waals surface area contributed by atoms with E-state index in [2.05, 4.69) is 10.3 Å². The molecule has 2 aromatic carbocycles. The van der Waals surface area contributed by atoms with Gasteiger partial charge in [-0.25, -0.2) is 9.18 Å². The molecule has 0 radical (unpaired) electrons. The zero-order chi connectivity index (χ0) is 18.8. The molecule has 0 unspecified atom stereocenters. The van der Waals surface area contributed by atoms with Crippen LogP contribution in [0, 0.1) is 5.82 Å². The molecule has 0 saturated carbocycles. The molecule has 1 atom stereocenters. The fourth-order valence-electron chi connectivity index (χ4n) is 3.19. The molecule has 4 rings (SSSR count). The summed E-state index contributed by atoms with van der Waals surface area (Å²) < 4.78 is 13.2. The first-order valence-corrected chi connectivity index (χ1v) is 8.51. The summed E-state index contributed by atoms with van der Waals surface area (Å²) in [5, 5.41) is 3.71. The quantitative estimate of drug-likeness (QED) is 0.734. The van der Waals surface area contributed by atoms with Crippen molar-refractivity contribution in [3.63, 3.8) is 0 Å². The fraction of sp³-hybridized carbons (Fsp3) is 0.0952. The lowest BCUT2D eigenvalue weighted by Gasteiger charge is -2.31. The molecule has 27 heavy (non-hydrogen) atoms. The molecule has 5 nitrogen and oxygen atoms in total. The largest absolute Gasteiger partial charge is 0.326 e. The third kappa shape index (κ3) is 3.42. The summed E-state index contributed by atoms with van der Waals surface area (Å²) in [5.41, 5.74) is 2.10. The number of urea groups is 1. The fourth-order valence-corrected chi connectivity index (χ4v) is 3.19. The summed E-state index contributed by atoms with van der Waals surface area (Å²) >= 11 is 0. The molecule has 0 bridgehead atoms. The number of amides is 2. The van der Waals surface area contributed by atoms with Gasteiger partial charge in [-0.05, 0) is 48.0 Å². The average molecular weight is 361 g/mol. The van der Waals surface area contributed by atoms with E-state index in [0.29, 0.717) is 11.3 Å². The van der Waals surface area contributed by atoms with Crippen molar-refractivity contribution in [1.29, 1.82) is 0 Å². The maximum Gasteiger partial charge on any atom is 0.326 e. The van der Waals surface area contributed by atoms with Crippen molar-refractivity contribution in [1.82, 2.24) is 9.88 Å². The molecule has 0 fully saturated rings. The van der Waals surface area contributed by atoms with E-state index in [4.69, 9.17) is 0 Å². The first kappa shape index (κ1) is 16.9. The molecule has 0 saturated heterocycles. The second-order valence-corrected chi connectivity index (χ2v) is 6.27. The Morgan fingerprint density at radius 3 is 2.74 bits per heavy atom. The Morgan fingerprint density at radius 2 is 1.93 bits per heavy atom. The minimum Gasteiger partial charge on any atom is -0.307 e. The van der Waals surface area contributed by atoms with Gasteiger partial charge in [-0.15, -0.1) is 0 Å². The number of pyridine rings is 1. The highest BCUT2D eigenvalue weighted by Gasteiger charge is 2.29. The molecule has 134 valence electrons. The van der Waals surface area contributed by atoms with E-state index in [0.717, 1.165) is 10.9 Å². The summed E-state index contributed by atoms with van der Waals surface area (Å²) in [4.78, 5) is 30.6. The minimum atomic E-state index is -0.490. The van der Waals surface area contributed by atoms with E-state index in [1.54, 1.807) is 30.5 Å². The van der Waals surface area contributed by atoms with Gasteiger partial charge in [0.25, 0.3) is 0 Å². The average Bonchev–Trinajstić information content (AvgIpc) is 2.69. The number of fused-ring (bicyclic) bond motifs is 1. The summed E-state index contributed by atoms with van der Waals surface area (Å²) in [5.74, 6) is -0.446. The van der Waals surface area contributed by atoms with Gasteiger partial charge in [-0.3, -0.25) is 14.7 Å². The lowest BCUT2D eigenvalue weighted by atomic mass is 9.97. The third-order valence-corrected chi connectivity index (χ3v) is 4.53. The van der Waals surface area contributed by atoms with Gasteiger partial charge in [0.1, 0.15) is 5.82 Å². The van der Waals surface area contributed by atoms with Gasteiger partial charge in [0, 0.05) is 24.2 Å². The predicted molar refractivity (Wildman–Crippen MR) is 101 cm³/mol. The Bertz CT molecular complexity index is 1040. The van der Waals surface area contributed by atoms with E-state index in [1.165, 1.54) is 29.3 Å². The SMILES string of the molecule is O=C1C=CN(C(=O)Nc2cccc3ncccc23)[C@H](c2ccc(F)cc2)C1. The number of ketones is 1. The molecular formula is C21H16FN3O2. The van der Waals surface area contributed by atoms with Crippen molar-refractivity contribution in [2.75, 3.05) is 5.32 Å². The van der Waals surface area contributed by atoms with Crippen LogP contribution in [-0.2, 0) is 4.79 Å². The van der Waals surface area contributed by atoms with E-state index in [9.17, 15) is 14.0 Å². The number of benzene rings is 2. The van der Waals surface area contributed by atoms with Crippen LogP contribution in [0.5, 0.6) is 0 Å². The number of rotatable bonds is 2. The Hall–Kier alpha value is -3.54. The molecule has 6 heteroatoms. The van der Waals surface area contributed by atoms with Gasteiger partial charge < -0.3 is 5.32 Å². The number of halogens is 1. The molecule has 1 aliphatic heterocycles. The number of nitrogens with zero attached hydrogens (tertiary/aromatic N) is 2. The monoisotopic (exact) mass is 361 g/mol. The van der Waals surface area contributed by atoms with Crippen molar-refractivity contribution >= 4 is 28.4 Å². The topological polar surface area (TPSA) is 62.3 Å².